The number of nitrogens with two attached hydrogens (primary N) is 1. The van der Waals surface area contributed by atoms with Gasteiger partial charge in [0.15, 0.2) is 0 Å². The Labute approximate surface area is 177 Å². The van der Waals surface area contributed by atoms with Gasteiger partial charge in [-0.15, -0.1) is 0 Å². The Balaban J connectivity index is 1.71. The van der Waals surface area contributed by atoms with Gasteiger partial charge in [0.2, 0.25) is 0 Å². The Kier molecular flexibility index (Phi) is 8.37. The van der Waals surface area contributed by atoms with Gasteiger partial charge in [-0.05, 0) is 65.6 Å². The first kappa shape index (κ1) is 21.2. The number of benzene rings is 3. The van der Waals surface area contributed by atoms with Gasteiger partial charge in [-0.3, -0.25) is 0 Å². The van der Waals surface area contributed by atoms with E-state index < -0.39 is 0 Å². The van der Waals surface area contributed by atoms with Crippen molar-refractivity contribution in [1.82, 2.24) is 0 Å². The highest BCUT2D eigenvalue weighted by molar-refractivity contribution is 5.42. The van der Waals surface area contributed by atoms with Gasteiger partial charge < -0.3 is 5.73 Å². The number of hydrogen-bond donors (Lipinski definition) is 1. The van der Waals surface area contributed by atoms with Crippen LogP contribution in [0.5, 0.6) is 0 Å². The maximum Gasteiger partial charge on any atom is 0.0314 e. The number of nitrogen functional groups attached to an aromatic ring is 1. The minimum atomic E-state index is 0.829. The second-order valence-electron chi connectivity index (χ2n) is 8.20. The first-order valence-corrected chi connectivity index (χ1v) is 11.2. The van der Waals surface area contributed by atoms with Gasteiger partial charge in [-0.25, -0.2) is 0 Å². The molecule has 0 fully saturated rings. The van der Waals surface area contributed by atoms with Crippen LogP contribution in [0.3, 0.4) is 0 Å². The molecule has 3 aromatic carbocycles. The van der Waals surface area contributed by atoms with Gasteiger partial charge in [0, 0.05) is 5.69 Å². The van der Waals surface area contributed by atoms with Crippen LogP contribution in [0.25, 0.3) is 0 Å². The summed E-state index contributed by atoms with van der Waals surface area (Å²) in [5, 5.41) is 0. The molecule has 3 rings (SSSR count). The van der Waals surface area contributed by atoms with E-state index in [1.54, 1.807) is 0 Å². The van der Waals surface area contributed by atoms with E-state index in [1.165, 1.54) is 72.8 Å². The van der Waals surface area contributed by atoms with Crippen molar-refractivity contribution < 1.29 is 0 Å². The molecular weight excluding hydrogens is 350 g/mol. The molecule has 0 aromatic heterocycles. The number of rotatable bonds is 11. The molecule has 0 aliphatic heterocycles. The van der Waals surface area contributed by atoms with Gasteiger partial charge in [-0.1, -0.05) is 99.7 Å². The Morgan fingerprint density at radius 3 is 2.00 bits per heavy atom. The normalized spacial score (nSPS) is 10.9. The van der Waals surface area contributed by atoms with E-state index in [2.05, 4.69) is 67.6 Å². The second kappa shape index (κ2) is 11.5. The van der Waals surface area contributed by atoms with Crippen LogP contribution in [0.15, 0.2) is 72.8 Å². The van der Waals surface area contributed by atoms with Crippen LogP contribution in [0, 0.1) is 0 Å². The highest BCUT2D eigenvalue weighted by Gasteiger charge is 2.07. The molecule has 2 N–H and O–H groups in total. The fourth-order valence-corrected chi connectivity index (χ4v) is 3.98. The zero-order valence-corrected chi connectivity index (χ0v) is 17.9. The lowest BCUT2D eigenvalue weighted by Gasteiger charge is -2.13. The van der Waals surface area contributed by atoms with Crippen LogP contribution < -0.4 is 5.73 Å². The zero-order valence-electron chi connectivity index (χ0n) is 17.9. The summed E-state index contributed by atoms with van der Waals surface area (Å²) in [5.74, 6) is 0. The van der Waals surface area contributed by atoms with Crippen molar-refractivity contribution in [3.05, 3.63) is 101 Å². The third-order valence-corrected chi connectivity index (χ3v) is 5.70. The fraction of sp³-hybridized carbons (Fsp3) is 0.357. The molecule has 0 amide bonds. The minimum Gasteiger partial charge on any atom is -0.399 e. The third-order valence-electron chi connectivity index (χ3n) is 5.70. The summed E-state index contributed by atoms with van der Waals surface area (Å²) < 4.78 is 0. The topological polar surface area (TPSA) is 26.0 Å². The molecular formula is C28H35N. The number of unbranched alkanes of at least 4 members (excludes halogenated alkanes) is 5. The molecule has 0 spiro atoms. The first-order valence-electron chi connectivity index (χ1n) is 11.2. The van der Waals surface area contributed by atoms with E-state index in [0.717, 1.165) is 18.5 Å². The van der Waals surface area contributed by atoms with Crippen LogP contribution in [-0.2, 0) is 19.3 Å². The predicted molar refractivity (Wildman–Crippen MR) is 126 cm³/mol. The lowest BCUT2D eigenvalue weighted by atomic mass is 9.92. The second-order valence-corrected chi connectivity index (χ2v) is 8.20. The maximum absolute atomic E-state index is 5.84. The number of hydrogen-bond acceptors (Lipinski definition) is 1. The van der Waals surface area contributed by atoms with Crippen LogP contribution in [0.2, 0.25) is 0 Å². The molecule has 29 heavy (non-hydrogen) atoms. The van der Waals surface area contributed by atoms with Gasteiger partial charge >= 0.3 is 0 Å². The summed E-state index contributed by atoms with van der Waals surface area (Å²) in [6.07, 6.45) is 11.2. The Morgan fingerprint density at radius 2 is 1.24 bits per heavy atom. The third kappa shape index (κ3) is 7.09. The van der Waals surface area contributed by atoms with Crippen LogP contribution in [0.1, 0.15) is 73.3 Å². The van der Waals surface area contributed by atoms with Crippen LogP contribution >= 0.6 is 0 Å². The van der Waals surface area contributed by atoms with E-state index in [1.807, 2.05) is 12.1 Å². The average molecular weight is 386 g/mol. The molecule has 0 saturated carbocycles. The highest BCUT2D eigenvalue weighted by atomic mass is 14.5. The van der Waals surface area contributed by atoms with E-state index in [9.17, 15) is 0 Å². The monoisotopic (exact) mass is 385 g/mol. The van der Waals surface area contributed by atoms with Crippen molar-refractivity contribution in [3.8, 4) is 0 Å². The standard InChI is InChI=1S/C28H35N/c1-2-3-4-5-6-10-13-26-22-25(20-24-15-18-28(29)19-16-24)14-17-27(26)21-23-11-8-7-9-12-23/h7-9,11-12,14-19,22H,2-6,10,13,20-21,29H2,1H3. The fourth-order valence-electron chi connectivity index (χ4n) is 3.98. The SMILES string of the molecule is CCCCCCCCc1cc(Cc2ccc(N)cc2)ccc1Cc1ccccc1. The summed E-state index contributed by atoms with van der Waals surface area (Å²) in [6.45, 7) is 2.28. The van der Waals surface area contributed by atoms with Gasteiger partial charge in [0.25, 0.3) is 0 Å². The van der Waals surface area contributed by atoms with Gasteiger partial charge in [-0.2, -0.15) is 0 Å². The molecule has 0 heterocycles. The van der Waals surface area contributed by atoms with Crippen LogP contribution in [0.4, 0.5) is 5.69 Å². The highest BCUT2D eigenvalue weighted by Crippen LogP contribution is 2.21. The minimum absolute atomic E-state index is 0.829. The molecule has 0 aliphatic carbocycles. The summed E-state index contributed by atoms with van der Waals surface area (Å²) in [5.41, 5.74) is 13.8. The van der Waals surface area contributed by atoms with Crippen molar-refractivity contribution in [3.63, 3.8) is 0 Å². The number of anilines is 1. The first-order chi connectivity index (χ1) is 14.2. The molecule has 0 unspecified atom stereocenters. The summed E-state index contributed by atoms with van der Waals surface area (Å²) >= 11 is 0. The Morgan fingerprint density at radius 1 is 0.586 bits per heavy atom. The van der Waals surface area contributed by atoms with E-state index in [-0.39, 0.29) is 0 Å². The number of aryl methyl sites for hydroxylation is 1. The maximum atomic E-state index is 5.84. The Bertz CT molecular complexity index is 849. The van der Waals surface area contributed by atoms with Crippen molar-refractivity contribution in [2.75, 3.05) is 5.73 Å². The molecule has 0 bridgehead atoms. The van der Waals surface area contributed by atoms with Gasteiger partial charge in [0.05, 0.1) is 0 Å². The smallest absolute Gasteiger partial charge is 0.0314 e. The van der Waals surface area contributed by atoms with Crippen molar-refractivity contribution >= 4 is 5.69 Å². The molecule has 1 heteroatoms. The zero-order chi connectivity index (χ0) is 20.3. The molecule has 152 valence electrons. The predicted octanol–water partition coefficient (Wildman–Crippen LogP) is 7.35. The largest absolute Gasteiger partial charge is 0.399 e. The van der Waals surface area contributed by atoms with Crippen molar-refractivity contribution in [2.24, 2.45) is 0 Å². The summed E-state index contributed by atoms with van der Waals surface area (Å²) in [4.78, 5) is 0. The summed E-state index contributed by atoms with van der Waals surface area (Å²) in [7, 11) is 0. The molecule has 0 saturated heterocycles. The molecule has 0 atom stereocenters. The molecule has 3 aromatic rings. The molecule has 0 aliphatic rings. The quantitative estimate of drug-likeness (QED) is 0.271. The Hall–Kier alpha value is -2.54. The molecule has 0 radical (unpaired) electrons. The lowest BCUT2D eigenvalue weighted by molar-refractivity contribution is 0.606. The van der Waals surface area contributed by atoms with Crippen molar-refractivity contribution in [1.29, 1.82) is 0 Å². The summed E-state index contributed by atoms with van der Waals surface area (Å²) in [6, 6.07) is 26.2. The average Bonchev–Trinajstić information content (AvgIpc) is 2.74. The van der Waals surface area contributed by atoms with Crippen molar-refractivity contribution in [2.45, 2.75) is 64.7 Å². The molecule has 1 nitrogen and oxygen atoms in total. The van der Waals surface area contributed by atoms with E-state index in [4.69, 9.17) is 5.73 Å². The van der Waals surface area contributed by atoms with E-state index >= 15 is 0 Å². The van der Waals surface area contributed by atoms with Gasteiger partial charge in [0.1, 0.15) is 0 Å². The lowest BCUT2D eigenvalue weighted by Crippen LogP contribution is -1.99. The van der Waals surface area contributed by atoms with Crippen LogP contribution in [-0.4, -0.2) is 0 Å². The van der Waals surface area contributed by atoms with E-state index in [0.29, 0.717) is 0 Å².